The summed E-state index contributed by atoms with van der Waals surface area (Å²) < 4.78 is 6.16. The summed E-state index contributed by atoms with van der Waals surface area (Å²) in [5.74, 6) is 2.01. The number of carbonyl (C=O) groups excluding carboxylic acids is 1. The molecular weight excluding hydrogens is 404 g/mol. The molecule has 0 spiro atoms. The maximum atomic E-state index is 12.5. The lowest BCUT2D eigenvalue weighted by Crippen LogP contribution is -2.31. The van der Waals surface area contributed by atoms with Crippen molar-refractivity contribution in [2.75, 3.05) is 12.3 Å². The standard InChI is InChI=1S/C26H28N2O2S/c1-18(2)15-28-25(29)17-31-26(28)23-14-27-12-11-22(23)21-10-9-19(3)24(13-21)30-16-20-7-5-4-6-8-20/h4-14,18,26H,15-17H2,1-3H3. The number of amides is 1. The zero-order valence-electron chi connectivity index (χ0n) is 18.2. The molecule has 2 heterocycles. The first-order valence-corrected chi connectivity index (χ1v) is 11.7. The summed E-state index contributed by atoms with van der Waals surface area (Å²) in [5, 5.41) is -0.00594. The topological polar surface area (TPSA) is 42.4 Å². The van der Waals surface area contributed by atoms with Gasteiger partial charge in [-0.2, -0.15) is 0 Å². The highest BCUT2D eigenvalue weighted by Gasteiger charge is 2.34. The number of pyridine rings is 1. The summed E-state index contributed by atoms with van der Waals surface area (Å²) in [6.07, 6.45) is 3.72. The largest absolute Gasteiger partial charge is 0.489 e. The van der Waals surface area contributed by atoms with Gasteiger partial charge in [0.15, 0.2) is 0 Å². The fourth-order valence-corrected chi connectivity index (χ4v) is 5.04. The van der Waals surface area contributed by atoms with Crippen LogP contribution in [0.4, 0.5) is 0 Å². The number of nitrogens with zero attached hydrogens (tertiary/aromatic N) is 2. The summed E-state index contributed by atoms with van der Waals surface area (Å²) >= 11 is 1.68. The van der Waals surface area contributed by atoms with Gasteiger partial charge in [0.1, 0.15) is 17.7 Å². The smallest absolute Gasteiger partial charge is 0.233 e. The summed E-state index contributed by atoms with van der Waals surface area (Å²) in [6.45, 7) is 7.64. The molecule has 3 aromatic rings. The second-order valence-electron chi connectivity index (χ2n) is 8.32. The summed E-state index contributed by atoms with van der Waals surface area (Å²) in [6, 6.07) is 18.5. The van der Waals surface area contributed by atoms with Crippen molar-refractivity contribution in [1.29, 1.82) is 0 Å². The van der Waals surface area contributed by atoms with Crippen molar-refractivity contribution < 1.29 is 9.53 Å². The van der Waals surface area contributed by atoms with E-state index in [2.05, 4.69) is 56.1 Å². The van der Waals surface area contributed by atoms with Gasteiger partial charge >= 0.3 is 0 Å². The number of carbonyl (C=O) groups is 1. The van der Waals surface area contributed by atoms with E-state index in [0.29, 0.717) is 18.3 Å². The Labute approximate surface area is 188 Å². The van der Waals surface area contributed by atoms with Gasteiger partial charge in [0, 0.05) is 24.5 Å². The third kappa shape index (κ3) is 4.93. The van der Waals surface area contributed by atoms with Gasteiger partial charge in [-0.05, 0) is 47.2 Å². The Morgan fingerprint density at radius 2 is 1.97 bits per heavy atom. The quantitative estimate of drug-likeness (QED) is 0.468. The molecule has 31 heavy (non-hydrogen) atoms. The second kappa shape index (κ2) is 9.56. The molecule has 1 aliphatic rings. The van der Waals surface area contributed by atoms with E-state index in [0.717, 1.165) is 40.1 Å². The number of benzene rings is 2. The molecule has 1 aromatic heterocycles. The molecule has 5 heteroatoms. The van der Waals surface area contributed by atoms with Crippen molar-refractivity contribution >= 4 is 17.7 Å². The van der Waals surface area contributed by atoms with Crippen molar-refractivity contribution in [3.8, 4) is 16.9 Å². The van der Waals surface area contributed by atoms with E-state index in [9.17, 15) is 4.79 Å². The third-order valence-corrected chi connectivity index (χ3v) is 6.62. The van der Waals surface area contributed by atoms with Gasteiger partial charge in [-0.3, -0.25) is 9.78 Å². The highest BCUT2D eigenvalue weighted by Crippen LogP contribution is 2.43. The van der Waals surface area contributed by atoms with Gasteiger partial charge in [0.25, 0.3) is 0 Å². The van der Waals surface area contributed by atoms with Crippen LogP contribution < -0.4 is 4.74 Å². The molecule has 1 unspecified atom stereocenters. The second-order valence-corrected chi connectivity index (χ2v) is 9.39. The molecule has 1 fully saturated rings. The Morgan fingerprint density at radius 1 is 1.16 bits per heavy atom. The molecule has 0 bridgehead atoms. The average Bonchev–Trinajstić information content (AvgIpc) is 3.13. The van der Waals surface area contributed by atoms with Crippen molar-refractivity contribution in [2.45, 2.75) is 32.8 Å². The van der Waals surface area contributed by atoms with Crippen LogP contribution in [-0.4, -0.2) is 28.1 Å². The van der Waals surface area contributed by atoms with E-state index in [1.165, 1.54) is 0 Å². The molecule has 1 saturated heterocycles. The van der Waals surface area contributed by atoms with Crippen molar-refractivity contribution in [3.63, 3.8) is 0 Å². The van der Waals surface area contributed by atoms with Crippen LogP contribution in [0.3, 0.4) is 0 Å². The van der Waals surface area contributed by atoms with Gasteiger partial charge in [-0.1, -0.05) is 56.3 Å². The predicted molar refractivity (Wildman–Crippen MR) is 127 cm³/mol. The van der Waals surface area contributed by atoms with E-state index in [-0.39, 0.29) is 11.3 Å². The molecule has 1 aliphatic heterocycles. The Hall–Kier alpha value is -2.79. The Bertz CT molecular complexity index is 1050. The summed E-state index contributed by atoms with van der Waals surface area (Å²) in [4.78, 5) is 18.9. The van der Waals surface area contributed by atoms with Crippen molar-refractivity contribution in [2.24, 2.45) is 5.92 Å². The van der Waals surface area contributed by atoms with Crippen molar-refractivity contribution in [1.82, 2.24) is 9.88 Å². The average molecular weight is 433 g/mol. The fraction of sp³-hybridized carbons (Fsp3) is 0.308. The highest BCUT2D eigenvalue weighted by atomic mass is 32.2. The van der Waals surface area contributed by atoms with E-state index >= 15 is 0 Å². The van der Waals surface area contributed by atoms with Gasteiger partial charge in [0.05, 0.1) is 5.75 Å². The Kier molecular flexibility index (Phi) is 6.62. The van der Waals surface area contributed by atoms with E-state index in [1.54, 1.807) is 11.8 Å². The molecule has 0 radical (unpaired) electrons. The van der Waals surface area contributed by atoms with Gasteiger partial charge in [0.2, 0.25) is 5.91 Å². The minimum absolute atomic E-state index is 0.00594. The van der Waals surface area contributed by atoms with E-state index < -0.39 is 0 Å². The maximum absolute atomic E-state index is 12.5. The molecule has 2 aromatic carbocycles. The number of thioether (sulfide) groups is 1. The number of hydrogen-bond acceptors (Lipinski definition) is 4. The first-order chi connectivity index (χ1) is 15.0. The van der Waals surface area contributed by atoms with Crippen LogP contribution in [0, 0.1) is 12.8 Å². The predicted octanol–water partition coefficient (Wildman–Crippen LogP) is 5.87. The Balaban J connectivity index is 1.64. The van der Waals surface area contributed by atoms with Crippen LogP contribution in [0.2, 0.25) is 0 Å². The molecule has 0 N–H and O–H groups in total. The lowest BCUT2D eigenvalue weighted by atomic mass is 9.99. The summed E-state index contributed by atoms with van der Waals surface area (Å²) in [7, 11) is 0. The molecule has 4 nitrogen and oxygen atoms in total. The van der Waals surface area contributed by atoms with Crippen LogP contribution in [0.5, 0.6) is 5.75 Å². The molecule has 0 saturated carbocycles. The minimum Gasteiger partial charge on any atom is -0.489 e. The number of aromatic nitrogens is 1. The van der Waals surface area contributed by atoms with E-state index in [4.69, 9.17) is 4.74 Å². The lowest BCUT2D eigenvalue weighted by molar-refractivity contribution is -0.128. The monoisotopic (exact) mass is 432 g/mol. The first kappa shape index (κ1) is 21.4. The molecule has 4 rings (SSSR count). The SMILES string of the molecule is Cc1ccc(-c2ccncc2C2SCC(=O)N2CC(C)C)cc1OCc1ccccc1. The number of rotatable bonds is 7. The van der Waals surface area contributed by atoms with Crippen LogP contribution in [0.25, 0.3) is 11.1 Å². The normalized spacial score (nSPS) is 16.2. The molecule has 0 aliphatic carbocycles. The molecular formula is C26H28N2O2S. The molecule has 160 valence electrons. The van der Waals surface area contributed by atoms with Gasteiger partial charge in [-0.25, -0.2) is 0 Å². The first-order valence-electron chi connectivity index (χ1n) is 10.7. The zero-order chi connectivity index (χ0) is 21.8. The lowest BCUT2D eigenvalue weighted by Gasteiger charge is -2.27. The Morgan fingerprint density at radius 3 is 2.74 bits per heavy atom. The number of aryl methyl sites for hydroxylation is 1. The molecule has 1 amide bonds. The fourth-order valence-electron chi connectivity index (χ4n) is 3.83. The van der Waals surface area contributed by atoms with Crippen LogP contribution >= 0.6 is 11.8 Å². The van der Waals surface area contributed by atoms with Gasteiger partial charge in [-0.15, -0.1) is 11.8 Å². The number of hydrogen-bond donors (Lipinski definition) is 0. The third-order valence-electron chi connectivity index (χ3n) is 5.38. The molecule has 1 atom stereocenters. The van der Waals surface area contributed by atoms with E-state index in [1.807, 2.05) is 41.6 Å². The van der Waals surface area contributed by atoms with Gasteiger partial charge < -0.3 is 9.64 Å². The van der Waals surface area contributed by atoms with Crippen LogP contribution in [0.15, 0.2) is 67.0 Å². The zero-order valence-corrected chi connectivity index (χ0v) is 19.1. The highest BCUT2D eigenvalue weighted by molar-refractivity contribution is 8.00. The number of ether oxygens (including phenoxy) is 1. The summed E-state index contributed by atoms with van der Waals surface area (Å²) in [5.41, 5.74) is 5.50. The van der Waals surface area contributed by atoms with Crippen LogP contribution in [0.1, 0.15) is 35.9 Å². The maximum Gasteiger partial charge on any atom is 0.233 e. The van der Waals surface area contributed by atoms with Crippen LogP contribution in [-0.2, 0) is 11.4 Å². The minimum atomic E-state index is -0.00594. The van der Waals surface area contributed by atoms with Crippen molar-refractivity contribution in [3.05, 3.63) is 83.7 Å².